The standard InChI is InChI=1S/C70H134O6/c1-4-7-10-13-15-17-19-21-23-25-27-28-29-30-31-32-33-34-35-36-37-38-39-40-41-42-43-45-46-48-50-52-54-57-60-63-69(72)75-66-67(65-74-68(71)62-59-56-12-9-6-3)76-70(73)64-61-58-55-53-51-49-47-44-26-24-22-20-18-16-14-11-8-5-2/h24,26,67H,4-23,25,27-66H2,1-3H3/b26-24-. The topological polar surface area (TPSA) is 78.9 Å². The van der Waals surface area contributed by atoms with E-state index in [-0.39, 0.29) is 31.1 Å². The summed E-state index contributed by atoms with van der Waals surface area (Å²) < 4.78 is 16.8. The van der Waals surface area contributed by atoms with Gasteiger partial charge in [0.2, 0.25) is 0 Å². The van der Waals surface area contributed by atoms with Crippen LogP contribution in [0.15, 0.2) is 12.2 Å². The summed E-state index contributed by atoms with van der Waals surface area (Å²) in [6, 6.07) is 0. The fourth-order valence-electron chi connectivity index (χ4n) is 10.8. The maximum atomic E-state index is 12.8. The van der Waals surface area contributed by atoms with E-state index in [0.717, 1.165) is 64.2 Å². The van der Waals surface area contributed by atoms with Crippen LogP contribution >= 0.6 is 0 Å². The highest BCUT2D eigenvalue weighted by molar-refractivity contribution is 5.71. The molecule has 76 heavy (non-hydrogen) atoms. The Labute approximate surface area is 475 Å². The molecule has 6 nitrogen and oxygen atoms in total. The maximum Gasteiger partial charge on any atom is 0.306 e. The second-order valence-electron chi connectivity index (χ2n) is 23.8. The van der Waals surface area contributed by atoms with E-state index < -0.39 is 6.10 Å². The van der Waals surface area contributed by atoms with E-state index in [1.54, 1.807) is 0 Å². The first-order chi connectivity index (χ1) is 37.5. The molecule has 0 radical (unpaired) electrons. The zero-order valence-electron chi connectivity index (χ0n) is 51.8. The highest BCUT2D eigenvalue weighted by atomic mass is 16.6. The van der Waals surface area contributed by atoms with Gasteiger partial charge in [-0.3, -0.25) is 14.4 Å². The van der Waals surface area contributed by atoms with Crippen LogP contribution in [0.25, 0.3) is 0 Å². The first kappa shape index (κ1) is 74.2. The number of carbonyl (C=O) groups is 3. The molecule has 0 N–H and O–H groups in total. The molecule has 0 aromatic rings. The van der Waals surface area contributed by atoms with E-state index >= 15 is 0 Å². The highest BCUT2D eigenvalue weighted by Gasteiger charge is 2.19. The molecule has 0 aliphatic heterocycles. The first-order valence-corrected chi connectivity index (χ1v) is 34.7. The average molecular weight is 1070 g/mol. The Morgan fingerprint density at radius 2 is 0.434 bits per heavy atom. The number of hydrogen-bond acceptors (Lipinski definition) is 6. The van der Waals surface area contributed by atoms with Crippen molar-refractivity contribution in [3.05, 3.63) is 12.2 Å². The van der Waals surface area contributed by atoms with Crippen molar-refractivity contribution in [2.75, 3.05) is 13.2 Å². The lowest BCUT2D eigenvalue weighted by Crippen LogP contribution is -2.30. The van der Waals surface area contributed by atoms with Crippen molar-refractivity contribution in [3.63, 3.8) is 0 Å². The second-order valence-corrected chi connectivity index (χ2v) is 23.8. The highest BCUT2D eigenvalue weighted by Crippen LogP contribution is 2.19. The molecule has 0 spiro atoms. The fourth-order valence-corrected chi connectivity index (χ4v) is 10.8. The van der Waals surface area contributed by atoms with Crippen molar-refractivity contribution >= 4 is 17.9 Å². The summed E-state index contributed by atoms with van der Waals surface area (Å²) >= 11 is 0. The number of ether oxygens (including phenoxy) is 3. The minimum Gasteiger partial charge on any atom is -0.462 e. The Balaban J connectivity index is 3.83. The van der Waals surface area contributed by atoms with E-state index in [4.69, 9.17) is 14.2 Å². The average Bonchev–Trinajstić information content (AvgIpc) is 3.42. The largest absolute Gasteiger partial charge is 0.462 e. The molecule has 0 aliphatic carbocycles. The van der Waals surface area contributed by atoms with Crippen LogP contribution in [0, 0.1) is 0 Å². The Morgan fingerprint density at radius 3 is 0.658 bits per heavy atom. The molecule has 0 rings (SSSR count). The molecule has 1 atom stereocenters. The molecule has 0 saturated carbocycles. The van der Waals surface area contributed by atoms with Crippen LogP contribution in [0.3, 0.4) is 0 Å². The summed E-state index contributed by atoms with van der Waals surface area (Å²) in [6.45, 7) is 6.62. The number of unbranched alkanes of at least 4 members (excludes halogenated alkanes) is 52. The van der Waals surface area contributed by atoms with Crippen molar-refractivity contribution in [1.29, 1.82) is 0 Å². The van der Waals surface area contributed by atoms with E-state index in [1.165, 1.54) is 295 Å². The SMILES string of the molecule is CCCCCCCCC/C=C\CCCCCCCCCC(=O)OC(COC(=O)CCCCCCC)COC(=O)CCCCCCCCCCCCCCCCCCCCCCCCCCCCCCCCCCCCC. The summed E-state index contributed by atoms with van der Waals surface area (Å²) in [5.74, 6) is -0.861. The Bertz CT molecular complexity index is 1180. The van der Waals surface area contributed by atoms with Gasteiger partial charge in [-0.1, -0.05) is 348 Å². The molecule has 1 unspecified atom stereocenters. The molecule has 0 saturated heterocycles. The first-order valence-electron chi connectivity index (χ1n) is 34.7. The van der Waals surface area contributed by atoms with Gasteiger partial charge in [0, 0.05) is 19.3 Å². The van der Waals surface area contributed by atoms with Crippen LogP contribution in [0.2, 0.25) is 0 Å². The van der Waals surface area contributed by atoms with Gasteiger partial charge < -0.3 is 14.2 Å². The lowest BCUT2D eigenvalue weighted by atomic mass is 10.0. The summed E-state index contributed by atoms with van der Waals surface area (Å²) in [6.07, 6.45) is 78.9. The van der Waals surface area contributed by atoms with Crippen molar-refractivity contribution in [3.8, 4) is 0 Å². The van der Waals surface area contributed by atoms with Crippen LogP contribution in [-0.4, -0.2) is 37.2 Å². The Kier molecular flexibility index (Phi) is 64.1. The predicted octanol–water partition coefficient (Wildman–Crippen LogP) is 23.6. The van der Waals surface area contributed by atoms with Crippen molar-refractivity contribution in [1.82, 2.24) is 0 Å². The van der Waals surface area contributed by atoms with Crippen LogP contribution in [0.1, 0.15) is 400 Å². The van der Waals surface area contributed by atoms with Crippen molar-refractivity contribution < 1.29 is 28.6 Å². The Morgan fingerprint density at radius 1 is 0.250 bits per heavy atom. The van der Waals surface area contributed by atoms with E-state index in [0.29, 0.717) is 19.3 Å². The van der Waals surface area contributed by atoms with E-state index in [2.05, 4.69) is 32.9 Å². The number of esters is 3. The number of allylic oxidation sites excluding steroid dienone is 2. The summed E-state index contributed by atoms with van der Waals surface area (Å²) in [5.41, 5.74) is 0. The summed E-state index contributed by atoms with van der Waals surface area (Å²) in [4.78, 5) is 37.9. The van der Waals surface area contributed by atoms with Gasteiger partial charge in [0.25, 0.3) is 0 Å². The van der Waals surface area contributed by atoms with Crippen LogP contribution in [0.5, 0.6) is 0 Å². The van der Waals surface area contributed by atoms with Gasteiger partial charge in [-0.05, 0) is 44.9 Å². The monoisotopic (exact) mass is 1070 g/mol. The van der Waals surface area contributed by atoms with Gasteiger partial charge in [-0.15, -0.1) is 0 Å². The molecule has 6 heteroatoms. The zero-order chi connectivity index (χ0) is 55.0. The summed E-state index contributed by atoms with van der Waals surface area (Å²) in [5, 5.41) is 0. The van der Waals surface area contributed by atoms with Gasteiger partial charge in [-0.2, -0.15) is 0 Å². The lowest BCUT2D eigenvalue weighted by Gasteiger charge is -2.18. The molecule has 0 aliphatic rings. The predicted molar refractivity (Wildman–Crippen MR) is 330 cm³/mol. The van der Waals surface area contributed by atoms with Crippen LogP contribution < -0.4 is 0 Å². The van der Waals surface area contributed by atoms with Gasteiger partial charge in [0.05, 0.1) is 0 Å². The Hall–Kier alpha value is -1.85. The minimum atomic E-state index is -0.766. The third-order valence-corrected chi connectivity index (χ3v) is 16.0. The number of hydrogen-bond donors (Lipinski definition) is 0. The van der Waals surface area contributed by atoms with Crippen molar-refractivity contribution in [2.45, 2.75) is 406 Å². The molecule has 450 valence electrons. The minimum absolute atomic E-state index is 0.0671. The number of carbonyl (C=O) groups excluding carboxylic acids is 3. The third-order valence-electron chi connectivity index (χ3n) is 16.0. The summed E-state index contributed by atoms with van der Waals surface area (Å²) in [7, 11) is 0. The second kappa shape index (κ2) is 65.7. The van der Waals surface area contributed by atoms with E-state index in [9.17, 15) is 14.4 Å². The molecule has 0 bridgehead atoms. The molecule has 0 amide bonds. The zero-order valence-corrected chi connectivity index (χ0v) is 51.8. The van der Waals surface area contributed by atoms with Gasteiger partial charge in [0.15, 0.2) is 6.10 Å². The molecule has 0 aromatic carbocycles. The molecule has 0 fully saturated rings. The van der Waals surface area contributed by atoms with E-state index in [1.807, 2.05) is 0 Å². The van der Waals surface area contributed by atoms with Crippen LogP contribution in [0.4, 0.5) is 0 Å². The van der Waals surface area contributed by atoms with Crippen LogP contribution in [-0.2, 0) is 28.6 Å². The normalized spacial score (nSPS) is 12.0. The molecule has 0 heterocycles. The van der Waals surface area contributed by atoms with Gasteiger partial charge in [0.1, 0.15) is 13.2 Å². The lowest BCUT2D eigenvalue weighted by molar-refractivity contribution is -0.167. The molecular weight excluding hydrogens is 937 g/mol. The van der Waals surface area contributed by atoms with Gasteiger partial charge in [-0.25, -0.2) is 0 Å². The fraction of sp³-hybridized carbons (Fsp3) is 0.929. The number of rotatable bonds is 65. The maximum absolute atomic E-state index is 12.8. The third kappa shape index (κ3) is 63.0. The molecular formula is C70H134O6. The van der Waals surface area contributed by atoms with Gasteiger partial charge >= 0.3 is 17.9 Å². The quantitative estimate of drug-likeness (QED) is 0.0261. The smallest absolute Gasteiger partial charge is 0.306 e. The molecule has 0 aromatic heterocycles. The van der Waals surface area contributed by atoms with Crippen molar-refractivity contribution in [2.24, 2.45) is 0 Å².